The maximum absolute atomic E-state index is 11.1. The summed E-state index contributed by atoms with van der Waals surface area (Å²) in [5, 5.41) is 10.4. The number of nitro groups is 1. The number of nitrogens with zero attached hydrogens (tertiary/aromatic N) is 1. The van der Waals surface area contributed by atoms with Crippen LogP contribution in [0.25, 0.3) is 0 Å². The van der Waals surface area contributed by atoms with Gasteiger partial charge >= 0.3 is 0 Å². The Kier molecular flexibility index (Phi) is 4.49. The van der Waals surface area contributed by atoms with Crippen LogP contribution in [0.3, 0.4) is 0 Å². The van der Waals surface area contributed by atoms with E-state index in [-0.39, 0.29) is 29.3 Å². The smallest absolute Gasteiger partial charge is 0.292 e. The number of rotatable bonds is 2. The molecule has 1 rings (SSSR count). The van der Waals surface area contributed by atoms with Gasteiger partial charge in [0, 0.05) is 6.07 Å². The Balaban J connectivity index is 0.00000196. The lowest BCUT2D eigenvalue weighted by molar-refractivity contribution is -0.383. The molecule has 0 unspecified atom stereocenters. The van der Waals surface area contributed by atoms with Crippen LogP contribution in [-0.4, -0.2) is 10.8 Å². The highest BCUT2D eigenvalue weighted by Crippen LogP contribution is 2.24. The molecule has 0 fully saturated rings. The Morgan fingerprint density at radius 3 is 2.53 bits per heavy atom. The number of nitrogens with two attached hydrogens (primary N) is 2. The van der Waals surface area contributed by atoms with E-state index in [0.717, 1.165) is 0 Å². The van der Waals surface area contributed by atoms with E-state index in [1.54, 1.807) is 0 Å². The minimum Gasteiger partial charge on any atom is -0.393 e. The van der Waals surface area contributed by atoms with E-state index < -0.39 is 10.8 Å². The van der Waals surface area contributed by atoms with Gasteiger partial charge in [-0.25, -0.2) is 5.84 Å². The lowest BCUT2D eigenvalue weighted by Gasteiger charge is -2.03. The van der Waals surface area contributed by atoms with E-state index in [4.69, 9.17) is 11.6 Å². The standard InChI is InChI=1S/C7H8N4O3.ClH/c8-6-4(7(12)10-9)2-1-3-5(6)11(13)14;/h1-3H,8-9H2,(H,10,12);1H. The molecule has 0 saturated carbocycles. The molecule has 5 N–H and O–H groups in total. The van der Waals surface area contributed by atoms with Crippen LogP contribution in [-0.2, 0) is 0 Å². The van der Waals surface area contributed by atoms with Crippen molar-refractivity contribution in [1.82, 2.24) is 5.43 Å². The molecule has 0 aliphatic rings. The molecule has 1 aromatic carbocycles. The van der Waals surface area contributed by atoms with Gasteiger partial charge in [0.05, 0.1) is 10.5 Å². The molecule has 7 nitrogen and oxygen atoms in total. The number of hydrogen-bond donors (Lipinski definition) is 3. The summed E-state index contributed by atoms with van der Waals surface area (Å²) < 4.78 is 0. The van der Waals surface area contributed by atoms with Crippen molar-refractivity contribution in [1.29, 1.82) is 0 Å². The van der Waals surface area contributed by atoms with Crippen molar-refractivity contribution in [2.45, 2.75) is 0 Å². The molecule has 0 aliphatic heterocycles. The minimum absolute atomic E-state index is 0. The van der Waals surface area contributed by atoms with Crippen molar-refractivity contribution in [3.05, 3.63) is 33.9 Å². The van der Waals surface area contributed by atoms with E-state index in [1.807, 2.05) is 5.43 Å². The summed E-state index contributed by atoms with van der Waals surface area (Å²) in [6.45, 7) is 0. The van der Waals surface area contributed by atoms with E-state index >= 15 is 0 Å². The van der Waals surface area contributed by atoms with Gasteiger partial charge in [-0.2, -0.15) is 0 Å². The molecular formula is C7H9ClN4O3. The molecule has 0 saturated heterocycles. The average molecular weight is 233 g/mol. The van der Waals surface area contributed by atoms with Gasteiger partial charge in [-0.15, -0.1) is 12.4 Å². The second-order valence-corrected chi connectivity index (χ2v) is 2.47. The second kappa shape index (κ2) is 5.13. The predicted molar refractivity (Wildman–Crippen MR) is 56.4 cm³/mol. The molecule has 0 spiro atoms. The summed E-state index contributed by atoms with van der Waals surface area (Å²) in [4.78, 5) is 20.9. The van der Waals surface area contributed by atoms with E-state index in [0.29, 0.717) is 0 Å². The highest BCUT2D eigenvalue weighted by Gasteiger charge is 2.17. The average Bonchev–Trinajstić information content (AvgIpc) is 2.16. The Bertz CT molecular complexity index is 396. The van der Waals surface area contributed by atoms with Gasteiger partial charge in [0.2, 0.25) is 0 Å². The van der Waals surface area contributed by atoms with Crippen LogP contribution >= 0.6 is 12.4 Å². The highest BCUT2D eigenvalue weighted by atomic mass is 35.5. The van der Waals surface area contributed by atoms with Crippen molar-refractivity contribution in [2.75, 3.05) is 5.73 Å². The maximum atomic E-state index is 11.1. The summed E-state index contributed by atoms with van der Waals surface area (Å²) in [7, 11) is 0. The number of hydrogen-bond acceptors (Lipinski definition) is 5. The summed E-state index contributed by atoms with van der Waals surface area (Å²) in [6, 6.07) is 3.92. The largest absolute Gasteiger partial charge is 0.393 e. The lowest BCUT2D eigenvalue weighted by atomic mass is 10.1. The Labute approximate surface area is 91.0 Å². The second-order valence-electron chi connectivity index (χ2n) is 2.47. The first kappa shape index (κ1) is 13.1. The predicted octanol–water partition coefficient (Wildman–Crippen LogP) is 0.202. The molecule has 0 bridgehead atoms. The first-order chi connectivity index (χ1) is 6.57. The van der Waals surface area contributed by atoms with Crippen molar-refractivity contribution >= 4 is 29.7 Å². The topological polar surface area (TPSA) is 124 Å². The Morgan fingerprint density at radius 1 is 1.47 bits per heavy atom. The number of amides is 1. The lowest BCUT2D eigenvalue weighted by Crippen LogP contribution is -2.30. The van der Waals surface area contributed by atoms with Gasteiger partial charge < -0.3 is 5.73 Å². The summed E-state index contributed by atoms with van der Waals surface area (Å²) in [6.07, 6.45) is 0. The summed E-state index contributed by atoms with van der Waals surface area (Å²) in [5.74, 6) is 4.21. The number of carbonyl (C=O) groups excluding carboxylic acids is 1. The fourth-order valence-corrected chi connectivity index (χ4v) is 0.988. The van der Waals surface area contributed by atoms with E-state index in [1.165, 1.54) is 18.2 Å². The van der Waals surface area contributed by atoms with Crippen LogP contribution in [0.15, 0.2) is 18.2 Å². The zero-order valence-corrected chi connectivity index (χ0v) is 8.28. The zero-order valence-electron chi connectivity index (χ0n) is 7.47. The summed E-state index contributed by atoms with van der Waals surface area (Å²) in [5.41, 5.74) is 6.73. The van der Waals surface area contributed by atoms with Crippen LogP contribution in [0.1, 0.15) is 10.4 Å². The third-order valence-electron chi connectivity index (χ3n) is 1.66. The number of nitrogen functional groups attached to an aromatic ring is 2. The monoisotopic (exact) mass is 232 g/mol. The van der Waals surface area contributed by atoms with E-state index in [9.17, 15) is 14.9 Å². The van der Waals surface area contributed by atoms with Crippen LogP contribution in [0, 0.1) is 10.1 Å². The van der Waals surface area contributed by atoms with Gasteiger partial charge in [0.1, 0.15) is 5.69 Å². The number of hydrazine groups is 1. The zero-order chi connectivity index (χ0) is 10.7. The van der Waals surface area contributed by atoms with Gasteiger partial charge in [-0.3, -0.25) is 20.3 Å². The highest BCUT2D eigenvalue weighted by molar-refractivity contribution is 6.00. The molecule has 8 heteroatoms. The molecule has 15 heavy (non-hydrogen) atoms. The quantitative estimate of drug-likeness (QED) is 0.221. The fraction of sp³-hybridized carbons (Fsp3) is 0. The molecule has 0 heterocycles. The van der Waals surface area contributed by atoms with Crippen LogP contribution in [0.4, 0.5) is 11.4 Å². The van der Waals surface area contributed by atoms with Crippen molar-refractivity contribution in [2.24, 2.45) is 5.84 Å². The molecular weight excluding hydrogens is 224 g/mol. The first-order valence-corrected chi connectivity index (χ1v) is 3.61. The number of nitrogens with one attached hydrogen (secondary N) is 1. The van der Waals surface area contributed by atoms with Gasteiger partial charge in [-0.1, -0.05) is 6.07 Å². The normalized spacial score (nSPS) is 8.87. The van der Waals surface area contributed by atoms with E-state index in [2.05, 4.69) is 0 Å². The molecule has 0 atom stereocenters. The number of halogens is 1. The fourth-order valence-electron chi connectivity index (χ4n) is 0.988. The van der Waals surface area contributed by atoms with Gasteiger partial charge in [0.25, 0.3) is 11.6 Å². The number of carbonyl (C=O) groups is 1. The van der Waals surface area contributed by atoms with Crippen LogP contribution in [0.5, 0.6) is 0 Å². The number of nitro benzene ring substituents is 1. The molecule has 1 aromatic rings. The third-order valence-corrected chi connectivity index (χ3v) is 1.66. The number of benzene rings is 1. The molecule has 0 radical (unpaired) electrons. The number of anilines is 1. The van der Waals surface area contributed by atoms with Crippen LogP contribution < -0.4 is 17.0 Å². The molecule has 82 valence electrons. The minimum atomic E-state index is -0.664. The molecule has 0 aliphatic carbocycles. The number of para-hydroxylation sites is 1. The Morgan fingerprint density at radius 2 is 2.07 bits per heavy atom. The SMILES string of the molecule is Cl.NNC(=O)c1cccc([N+](=O)[O-])c1N. The van der Waals surface area contributed by atoms with Crippen molar-refractivity contribution in [3.63, 3.8) is 0 Å². The molecule has 0 aromatic heterocycles. The first-order valence-electron chi connectivity index (χ1n) is 3.61. The van der Waals surface area contributed by atoms with Gasteiger partial charge in [0.15, 0.2) is 0 Å². The maximum Gasteiger partial charge on any atom is 0.292 e. The van der Waals surface area contributed by atoms with Crippen LogP contribution in [0.2, 0.25) is 0 Å². The van der Waals surface area contributed by atoms with Crippen molar-refractivity contribution in [3.8, 4) is 0 Å². The van der Waals surface area contributed by atoms with Crippen molar-refractivity contribution < 1.29 is 9.72 Å². The summed E-state index contributed by atoms with van der Waals surface area (Å²) >= 11 is 0. The third kappa shape index (κ3) is 2.55. The Hall–Kier alpha value is -1.86. The molecule has 1 amide bonds. The van der Waals surface area contributed by atoms with Gasteiger partial charge in [-0.05, 0) is 6.07 Å².